The van der Waals surface area contributed by atoms with Crippen molar-refractivity contribution in [3.05, 3.63) is 114 Å². The number of aliphatic hydroxyl groups excluding tert-OH is 1. The first kappa shape index (κ1) is 28.0. The van der Waals surface area contributed by atoms with E-state index < -0.39 is 17.7 Å². The van der Waals surface area contributed by atoms with Gasteiger partial charge in [0.15, 0.2) is 5.13 Å². The number of hydrogen-bond donors (Lipinski definition) is 1. The summed E-state index contributed by atoms with van der Waals surface area (Å²) < 4.78 is 18.0. The van der Waals surface area contributed by atoms with Gasteiger partial charge in [-0.2, -0.15) is 0 Å². The first-order chi connectivity index (χ1) is 21.0. The maximum atomic E-state index is 13.7. The molecule has 0 spiro atoms. The Morgan fingerprint density at radius 1 is 0.814 bits per heavy atom. The highest BCUT2D eigenvalue weighted by Crippen LogP contribution is 2.45. The Hall–Kier alpha value is -5.15. The minimum absolute atomic E-state index is 0.0414. The van der Waals surface area contributed by atoms with Gasteiger partial charge in [-0.25, -0.2) is 4.98 Å². The van der Waals surface area contributed by atoms with Crippen LogP contribution in [0, 0.1) is 0 Å². The standard InChI is InChI=1S/C34H28N2O6S/c1-3-40-23-15-13-21(14-16-23)31(37)29-30(22-9-8-12-26(19-22)42-24-10-6-5-7-11-24)36(33(39)32(29)38)34-35-27-18-17-25(41-4-2)20-28(27)43-34/h5-20,30,37H,3-4H2,1-2H3. The fraction of sp³-hybridized carbons (Fsp3) is 0.147. The Morgan fingerprint density at radius 3 is 2.26 bits per heavy atom. The normalized spacial score (nSPS) is 16.0. The number of anilines is 1. The number of amides is 1. The third-order valence-corrected chi connectivity index (χ3v) is 7.92. The number of carbonyl (C=O) groups excluding carboxylic acids is 2. The van der Waals surface area contributed by atoms with Gasteiger partial charge in [-0.1, -0.05) is 41.7 Å². The number of ether oxygens (including phenoxy) is 3. The van der Waals surface area contributed by atoms with Gasteiger partial charge in [0.2, 0.25) is 0 Å². The minimum atomic E-state index is -0.960. The molecule has 1 unspecified atom stereocenters. The van der Waals surface area contributed by atoms with Gasteiger partial charge >= 0.3 is 5.91 Å². The van der Waals surface area contributed by atoms with Crippen molar-refractivity contribution < 1.29 is 28.9 Å². The van der Waals surface area contributed by atoms with E-state index in [1.165, 1.54) is 16.2 Å². The molecular formula is C34H28N2O6S. The average molecular weight is 593 g/mol. The lowest BCUT2D eigenvalue weighted by atomic mass is 9.95. The van der Waals surface area contributed by atoms with E-state index in [0.717, 1.165) is 4.70 Å². The molecule has 0 saturated carbocycles. The second-order valence-electron chi connectivity index (χ2n) is 9.67. The zero-order valence-electron chi connectivity index (χ0n) is 23.5. The molecule has 2 heterocycles. The molecule has 6 rings (SSSR count). The second kappa shape index (κ2) is 12.0. The molecule has 5 aromatic rings. The van der Waals surface area contributed by atoms with Crippen LogP contribution < -0.4 is 19.1 Å². The molecular weight excluding hydrogens is 564 g/mol. The van der Waals surface area contributed by atoms with Crippen LogP contribution in [0.15, 0.2) is 103 Å². The number of thiazole rings is 1. The van der Waals surface area contributed by atoms with Gasteiger partial charge in [0.1, 0.15) is 28.8 Å². The third kappa shape index (κ3) is 5.54. The third-order valence-electron chi connectivity index (χ3n) is 6.90. The summed E-state index contributed by atoms with van der Waals surface area (Å²) in [6.07, 6.45) is 0. The van der Waals surface area contributed by atoms with Crippen LogP contribution in [0.1, 0.15) is 31.0 Å². The topological polar surface area (TPSA) is 98.2 Å². The van der Waals surface area contributed by atoms with Crippen molar-refractivity contribution in [3.63, 3.8) is 0 Å². The van der Waals surface area contributed by atoms with Crippen molar-refractivity contribution in [3.8, 4) is 23.0 Å². The van der Waals surface area contributed by atoms with E-state index in [2.05, 4.69) is 0 Å². The summed E-state index contributed by atoms with van der Waals surface area (Å²) >= 11 is 1.27. The lowest BCUT2D eigenvalue weighted by Gasteiger charge is -2.23. The van der Waals surface area contributed by atoms with Gasteiger partial charge in [0.25, 0.3) is 5.78 Å². The molecule has 1 N–H and O–H groups in total. The van der Waals surface area contributed by atoms with Crippen LogP contribution in [-0.2, 0) is 9.59 Å². The van der Waals surface area contributed by atoms with Crippen LogP contribution in [0.4, 0.5) is 5.13 Å². The highest BCUT2D eigenvalue weighted by atomic mass is 32.1. The summed E-state index contributed by atoms with van der Waals surface area (Å²) in [6.45, 7) is 4.79. The van der Waals surface area contributed by atoms with Gasteiger partial charge in [-0.05, 0) is 86.1 Å². The van der Waals surface area contributed by atoms with E-state index >= 15 is 0 Å². The Bertz CT molecular complexity index is 1830. The number of Topliss-reactive ketones (excluding diaryl/α,β-unsaturated/α-hetero) is 1. The molecule has 0 radical (unpaired) electrons. The van der Waals surface area contributed by atoms with Gasteiger partial charge in [0, 0.05) is 5.56 Å². The van der Waals surface area contributed by atoms with Gasteiger partial charge in [0.05, 0.1) is 35.0 Å². The van der Waals surface area contributed by atoms with E-state index in [1.807, 2.05) is 62.4 Å². The molecule has 1 saturated heterocycles. The molecule has 1 aliphatic heterocycles. The SMILES string of the molecule is CCOc1ccc(C(O)=C2C(=O)C(=O)N(c3nc4ccc(OCC)cc4s3)C2c2cccc(Oc3ccccc3)c2)cc1. The maximum Gasteiger partial charge on any atom is 0.301 e. The molecule has 1 aromatic heterocycles. The molecule has 9 heteroatoms. The number of aromatic nitrogens is 1. The molecule has 216 valence electrons. The number of carbonyl (C=O) groups is 2. The van der Waals surface area contributed by atoms with Gasteiger partial charge in [-0.3, -0.25) is 14.5 Å². The van der Waals surface area contributed by atoms with Crippen molar-refractivity contribution in [2.75, 3.05) is 18.1 Å². The van der Waals surface area contributed by atoms with Crippen LogP contribution in [-0.4, -0.2) is 35.0 Å². The Kier molecular flexibility index (Phi) is 7.81. The predicted molar refractivity (Wildman–Crippen MR) is 166 cm³/mol. The first-order valence-electron chi connectivity index (χ1n) is 13.9. The molecule has 43 heavy (non-hydrogen) atoms. The Balaban J connectivity index is 1.48. The molecule has 0 bridgehead atoms. The van der Waals surface area contributed by atoms with Crippen LogP contribution in [0.5, 0.6) is 23.0 Å². The zero-order valence-corrected chi connectivity index (χ0v) is 24.3. The number of para-hydroxylation sites is 1. The lowest BCUT2D eigenvalue weighted by molar-refractivity contribution is -0.132. The number of fused-ring (bicyclic) bond motifs is 1. The largest absolute Gasteiger partial charge is 0.507 e. The summed E-state index contributed by atoms with van der Waals surface area (Å²) in [5, 5.41) is 11.9. The van der Waals surface area contributed by atoms with Crippen LogP contribution in [0.3, 0.4) is 0 Å². The Labute approximate surface area is 252 Å². The molecule has 8 nitrogen and oxygen atoms in total. The fourth-order valence-electron chi connectivity index (χ4n) is 5.00. The molecule has 1 atom stereocenters. The number of hydrogen-bond acceptors (Lipinski definition) is 8. The summed E-state index contributed by atoms with van der Waals surface area (Å²) in [5.41, 5.74) is 1.58. The first-order valence-corrected chi connectivity index (χ1v) is 14.7. The minimum Gasteiger partial charge on any atom is -0.507 e. The fourth-order valence-corrected chi connectivity index (χ4v) is 6.02. The molecule has 0 aliphatic carbocycles. The molecule has 4 aromatic carbocycles. The van der Waals surface area contributed by atoms with Crippen LogP contribution in [0.25, 0.3) is 16.0 Å². The van der Waals surface area contributed by atoms with Crippen molar-refractivity contribution in [1.29, 1.82) is 0 Å². The molecule has 1 aliphatic rings. The highest BCUT2D eigenvalue weighted by molar-refractivity contribution is 7.22. The van der Waals surface area contributed by atoms with Gasteiger partial charge < -0.3 is 19.3 Å². The second-order valence-corrected chi connectivity index (χ2v) is 10.7. The number of aliphatic hydroxyl groups is 1. The van der Waals surface area contributed by atoms with E-state index in [0.29, 0.717) is 58.0 Å². The lowest BCUT2D eigenvalue weighted by Crippen LogP contribution is -2.29. The quantitative estimate of drug-likeness (QED) is 0.107. The predicted octanol–water partition coefficient (Wildman–Crippen LogP) is 7.51. The van der Waals surface area contributed by atoms with Crippen molar-refractivity contribution in [2.24, 2.45) is 0 Å². The van der Waals surface area contributed by atoms with Crippen molar-refractivity contribution in [2.45, 2.75) is 19.9 Å². The monoisotopic (exact) mass is 592 g/mol. The van der Waals surface area contributed by atoms with Crippen LogP contribution in [0.2, 0.25) is 0 Å². The van der Waals surface area contributed by atoms with Crippen molar-refractivity contribution >= 4 is 44.1 Å². The Morgan fingerprint density at radius 2 is 1.51 bits per heavy atom. The number of benzene rings is 4. The van der Waals surface area contributed by atoms with E-state index in [-0.39, 0.29) is 11.3 Å². The summed E-state index contributed by atoms with van der Waals surface area (Å²) in [7, 11) is 0. The number of rotatable bonds is 9. The summed E-state index contributed by atoms with van der Waals surface area (Å²) in [4.78, 5) is 33.5. The number of ketones is 1. The van der Waals surface area contributed by atoms with E-state index in [4.69, 9.17) is 19.2 Å². The zero-order chi connectivity index (χ0) is 29.9. The van der Waals surface area contributed by atoms with E-state index in [9.17, 15) is 14.7 Å². The molecule has 1 amide bonds. The van der Waals surface area contributed by atoms with Gasteiger partial charge in [-0.15, -0.1) is 0 Å². The number of nitrogens with zero attached hydrogens (tertiary/aromatic N) is 2. The highest BCUT2D eigenvalue weighted by Gasteiger charge is 2.48. The summed E-state index contributed by atoms with van der Waals surface area (Å²) in [6, 6.07) is 27.7. The van der Waals surface area contributed by atoms with E-state index in [1.54, 1.807) is 48.5 Å². The van der Waals surface area contributed by atoms with Crippen LogP contribution >= 0.6 is 11.3 Å². The van der Waals surface area contributed by atoms with Crippen molar-refractivity contribution in [1.82, 2.24) is 4.98 Å². The summed E-state index contributed by atoms with van der Waals surface area (Å²) in [5.74, 6) is 0.590. The molecule has 1 fully saturated rings. The average Bonchev–Trinajstić information content (AvgIpc) is 3.55. The maximum absolute atomic E-state index is 13.7. The smallest absolute Gasteiger partial charge is 0.301 e.